The average molecular weight is 365 g/mol. The van der Waals surface area contributed by atoms with Crippen LogP contribution in [-0.4, -0.2) is 16.9 Å². The van der Waals surface area contributed by atoms with Crippen molar-refractivity contribution in [2.75, 3.05) is 10.2 Å². The smallest absolute Gasteiger partial charge is 0.277 e. The lowest BCUT2D eigenvalue weighted by Gasteiger charge is -2.22. The number of pyridine rings is 1. The molecule has 0 aliphatic carbocycles. The van der Waals surface area contributed by atoms with Crippen LogP contribution in [-0.2, 0) is 6.42 Å². The number of amides is 1. The van der Waals surface area contributed by atoms with Crippen LogP contribution < -0.4 is 10.2 Å². The normalized spacial score (nSPS) is 15.5. The van der Waals surface area contributed by atoms with Gasteiger partial charge < -0.3 is 10.2 Å². The van der Waals surface area contributed by atoms with E-state index in [-0.39, 0.29) is 23.3 Å². The van der Waals surface area contributed by atoms with Gasteiger partial charge in [-0.05, 0) is 49.2 Å². The summed E-state index contributed by atoms with van der Waals surface area (Å²) in [6, 6.07) is 14.5. The minimum absolute atomic E-state index is 0.0114. The number of benzene rings is 2. The topological polar surface area (TPSA) is 45.2 Å². The third-order valence-corrected chi connectivity index (χ3v) is 4.64. The standard InChI is InChI=1S/C21H17F2N3O/c1-13-11-14-5-2-3-8-19(14)26(13)21(27)18-12-15(9-10-24-18)25-20-16(22)6-4-7-17(20)23/h2-10,12-13H,11H2,1H3,(H,24,25). The summed E-state index contributed by atoms with van der Waals surface area (Å²) in [6.07, 6.45) is 2.22. The van der Waals surface area contributed by atoms with Gasteiger partial charge in [-0.25, -0.2) is 8.78 Å². The molecule has 1 atom stereocenters. The van der Waals surface area contributed by atoms with Gasteiger partial charge in [0.15, 0.2) is 0 Å². The number of carbonyl (C=O) groups excluding carboxylic acids is 1. The number of fused-ring (bicyclic) bond motifs is 1. The Morgan fingerprint density at radius 1 is 1.11 bits per heavy atom. The molecule has 0 spiro atoms. The molecule has 4 rings (SSSR count). The van der Waals surface area contributed by atoms with Crippen LogP contribution in [0.15, 0.2) is 60.8 Å². The van der Waals surface area contributed by atoms with Crippen LogP contribution in [0.4, 0.5) is 25.8 Å². The van der Waals surface area contributed by atoms with Gasteiger partial charge in [-0.15, -0.1) is 0 Å². The Balaban J connectivity index is 1.64. The highest BCUT2D eigenvalue weighted by molar-refractivity contribution is 6.07. The highest BCUT2D eigenvalue weighted by Gasteiger charge is 2.31. The molecule has 0 radical (unpaired) electrons. The molecule has 6 heteroatoms. The van der Waals surface area contributed by atoms with Gasteiger partial charge >= 0.3 is 0 Å². The third-order valence-electron chi connectivity index (χ3n) is 4.64. The van der Waals surface area contributed by atoms with E-state index >= 15 is 0 Å². The first-order chi connectivity index (χ1) is 13.0. The fraction of sp³-hybridized carbons (Fsp3) is 0.143. The zero-order chi connectivity index (χ0) is 19.0. The van der Waals surface area contributed by atoms with Crippen LogP contribution >= 0.6 is 0 Å². The van der Waals surface area contributed by atoms with E-state index < -0.39 is 11.6 Å². The first-order valence-electron chi connectivity index (χ1n) is 8.63. The second-order valence-corrected chi connectivity index (χ2v) is 6.51. The Kier molecular flexibility index (Phi) is 4.32. The summed E-state index contributed by atoms with van der Waals surface area (Å²) >= 11 is 0. The van der Waals surface area contributed by atoms with Crippen LogP contribution in [0.1, 0.15) is 23.0 Å². The van der Waals surface area contributed by atoms with Crippen molar-refractivity contribution in [3.63, 3.8) is 0 Å². The Morgan fingerprint density at radius 3 is 2.63 bits per heavy atom. The van der Waals surface area contributed by atoms with Gasteiger partial charge in [-0.2, -0.15) is 0 Å². The highest BCUT2D eigenvalue weighted by Crippen LogP contribution is 2.33. The minimum Gasteiger partial charge on any atom is -0.351 e. The van der Waals surface area contributed by atoms with Crippen molar-refractivity contribution >= 4 is 23.0 Å². The lowest BCUT2D eigenvalue weighted by Crippen LogP contribution is -2.36. The van der Waals surface area contributed by atoms with Crippen molar-refractivity contribution in [2.24, 2.45) is 0 Å². The van der Waals surface area contributed by atoms with Crippen molar-refractivity contribution in [1.29, 1.82) is 0 Å². The Hall–Kier alpha value is -3.28. The van der Waals surface area contributed by atoms with Gasteiger partial charge in [0.25, 0.3) is 5.91 Å². The fourth-order valence-corrected chi connectivity index (χ4v) is 3.39. The maximum atomic E-state index is 13.9. The van der Waals surface area contributed by atoms with Crippen molar-refractivity contribution in [3.05, 3.63) is 83.7 Å². The molecule has 0 saturated carbocycles. The largest absolute Gasteiger partial charge is 0.351 e. The molecule has 0 fully saturated rings. The molecule has 2 heterocycles. The number of para-hydroxylation sites is 2. The third kappa shape index (κ3) is 3.14. The molecule has 1 amide bonds. The van der Waals surface area contributed by atoms with E-state index in [2.05, 4.69) is 10.3 Å². The number of hydrogen-bond donors (Lipinski definition) is 1. The molecule has 1 aliphatic heterocycles. The van der Waals surface area contributed by atoms with Crippen molar-refractivity contribution in [2.45, 2.75) is 19.4 Å². The summed E-state index contributed by atoms with van der Waals surface area (Å²) < 4.78 is 27.7. The zero-order valence-corrected chi connectivity index (χ0v) is 14.6. The van der Waals surface area contributed by atoms with Crippen LogP contribution in [0.25, 0.3) is 0 Å². The molecule has 1 N–H and O–H groups in total. The van der Waals surface area contributed by atoms with Gasteiger partial charge in [-0.3, -0.25) is 9.78 Å². The molecule has 1 aromatic heterocycles. The van der Waals surface area contributed by atoms with Gasteiger partial charge in [-0.1, -0.05) is 24.3 Å². The number of rotatable bonds is 3. The molecular weight excluding hydrogens is 348 g/mol. The van der Waals surface area contributed by atoms with Gasteiger partial charge in [0.1, 0.15) is 23.0 Å². The zero-order valence-electron chi connectivity index (χ0n) is 14.6. The second-order valence-electron chi connectivity index (χ2n) is 6.51. The minimum atomic E-state index is -0.707. The summed E-state index contributed by atoms with van der Waals surface area (Å²) in [5.74, 6) is -1.66. The monoisotopic (exact) mass is 365 g/mol. The summed E-state index contributed by atoms with van der Waals surface area (Å²) in [4.78, 5) is 18.9. The first kappa shape index (κ1) is 17.1. The number of hydrogen-bond acceptors (Lipinski definition) is 3. The van der Waals surface area contributed by atoms with E-state index in [0.717, 1.165) is 17.7 Å². The summed E-state index contributed by atoms with van der Waals surface area (Å²) in [6.45, 7) is 1.98. The van der Waals surface area contributed by atoms with E-state index in [4.69, 9.17) is 0 Å². The van der Waals surface area contributed by atoms with Gasteiger partial charge in [0.2, 0.25) is 0 Å². The summed E-state index contributed by atoms with van der Waals surface area (Å²) in [5.41, 5.74) is 2.32. The van der Waals surface area contributed by atoms with Gasteiger partial charge in [0, 0.05) is 23.6 Å². The average Bonchev–Trinajstić information content (AvgIpc) is 3.00. The molecular formula is C21H17F2N3O. The number of nitrogens with zero attached hydrogens (tertiary/aromatic N) is 2. The molecule has 27 heavy (non-hydrogen) atoms. The van der Waals surface area contributed by atoms with Crippen molar-refractivity contribution in [1.82, 2.24) is 4.98 Å². The first-order valence-corrected chi connectivity index (χ1v) is 8.63. The van der Waals surface area contributed by atoms with Crippen molar-refractivity contribution < 1.29 is 13.6 Å². The lowest BCUT2D eigenvalue weighted by molar-refractivity contribution is 0.0976. The number of anilines is 3. The van der Waals surface area contributed by atoms with E-state index in [0.29, 0.717) is 5.69 Å². The quantitative estimate of drug-likeness (QED) is 0.732. The molecule has 136 valence electrons. The molecule has 2 aromatic carbocycles. The van der Waals surface area contributed by atoms with Crippen LogP contribution in [0, 0.1) is 11.6 Å². The lowest BCUT2D eigenvalue weighted by atomic mass is 10.1. The van der Waals surface area contributed by atoms with Crippen LogP contribution in [0.2, 0.25) is 0 Å². The predicted octanol–water partition coefficient (Wildman–Crippen LogP) is 4.69. The van der Waals surface area contributed by atoms with E-state index in [1.807, 2.05) is 31.2 Å². The van der Waals surface area contributed by atoms with E-state index in [1.165, 1.54) is 30.5 Å². The molecule has 0 bridgehead atoms. The Bertz CT molecular complexity index is 1000. The maximum Gasteiger partial charge on any atom is 0.277 e. The van der Waals surface area contributed by atoms with Crippen LogP contribution in [0.5, 0.6) is 0 Å². The molecule has 0 saturated heterocycles. The Morgan fingerprint density at radius 2 is 1.85 bits per heavy atom. The number of nitrogens with one attached hydrogen (secondary N) is 1. The molecule has 4 nitrogen and oxygen atoms in total. The fourth-order valence-electron chi connectivity index (χ4n) is 3.39. The SMILES string of the molecule is CC1Cc2ccccc2N1C(=O)c1cc(Nc2c(F)cccc2F)ccn1. The maximum absolute atomic E-state index is 13.9. The van der Waals surface area contributed by atoms with E-state index in [9.17, 15) is 13.6 Å². The summed E-state index contributed by atoms with van der Waals surface area (Å²) in [7, 11) is 0. The number of halogens is 2. The van der Waals surface area contributed by atoms with Crippen molar-refractivity contribution in [3.8, 4) is 0 Å². The highest BCUT2D eigenvalue weighted by atomic mass is 19.1. The second kappa shape index (κ2) is 6.79. The predicted molar refractivity (Wildman–Crippen MR) is 100 cm³/mol. The molecule has 3 aromatic rings. The number of carbonyl (C=O) groups is 1. The molecule has 1 unspecified atom stereocenters. The van der Waals surface area contributed by atoms with Crippen LogP contribution in [0.3, 0.4) is 0 Å². The number of aromatic nitrogens is 1. The summed E-state index contributed by atoms with van der Waals surface area (Å²) in [5, 5.41) is 2.70. The molecule has 1 aliphatic rings. The van der Waals surface area contributed by atoms with E-state index in [1.54, 1.807) is 11.0 Å². The van der Waals surface area contributed by atoms with Gasteiger partial charge in [0.05, 0.1) is 0 Å². The Labute approximate surface area is 155 Å².